The van der Waals surface area contributed by atoms with E-state index in [-0.39, 0.29) is 18.0 Å². The second kappa shape index (κ2) is 10.2. The fraction of sp³-hybridized carbons (Fsp3) is 0.393. The van der Waals surface area contributed by atoms with E-state index in [4.69, 9.17) is 16.6 Å². The van der Waals surface area contributed by atoms with Crippen LogP contribution in [0, 0.1) is 18.6 Å². The fourth-order valence-electron chi connectivity index (χ4n) is 5.34. The summed E-state index contributed by atoms with van der Waals surface area (Å²) in [5.74, 6) is -1.19. The van der Waals surface area contributed by atoms with Crippen molar-refractivity contribution in [3.8, 4) is 0 Å². The molecule has 1 aliphatic heterocycles. The van der Waals surface area contributed by atoms with E-state index in [0.29, 0.717) is 30.1 Å². The van der Waals surface area contributed by atoms with Crippen molar-refractivity contribution in [1.82, 2.24) is 24.6 Å². The van der Waals surface area contributed by atoms with Crippen molar-refractivity contribution in [1.29, 1.82) is 0 Å². The number of hydrogen-bond acceptors (Lipinski definition) is 6. The van der Waals surface area contributed by atoms with Gasteiger partial charge in [-0.25, -0.2) is 18.7 Å². The topological polar surface area (TPSA) is 79.1 Å². The third kappa shape index (κ3) is 4.98. The molecule has 0 bridgehead atoms. The third-order valence-corrected chi connectivity index (χ3v) is 8.01. The highest BCUT2D eigenvalue weighted by molar-refractivity contribution is 6.32. The van der Waals surface area contributed by atoms with Gasteiger partial charge in [0.15, 0.2) is 11.6 Å². The van der Waals surface area contributed by atoms with Crippen molar-refractivity contribution >= 4 is 34.1 Å². The average molecular weight is 539 g/mol. The minimum absolute atomic E-state index is 0.0103. The van der Waals surface area contributed by atoms with Crippen LogP contribution in [-0.2, 0) is 0 Å². The number of piperidine rings is 1. The van der Waals surface area contributed by atoms with Crippen LogP contribution in [0.5, 0.6) is 0 Å². The Hall–Kier alpha value is -3.14. The molecule has 2 aliphatic rings. The summed E-state index contributed by atoms with van der Waals surface area (Å²) in [6.07, 6.45) is 6.51. The molecular formula is C28H29ClF2N6O. The summed E-state index contributed by atoms with van der Waals surface area (Å²) in [5.41, 5.74) is 3.82. The summed E-state index contributed by atoms with van der Waals surface area (Å²) >= 11 is 6.69. The predicted molar refractivity (Wildman–Crippen MR) is 143 cm³/mol. The number of aliphatic hydroxyl groups excluding tert-OH is 1. The molecule has 198 valence electrons. The van der Waals surface area contributed by atoms with Crippen molar-refractivity contribution < 1.29 is 13.9 Å². The number of likely N-dealkylation sites (tertiary alicyclic amines) is 1. The maximum atomic E-state index is 14.1. The lowest BCUT2D eigenvalue weighted by molar-refractivity contribution is 0.0942. The van der Waals surface area contributed by atoms with Crippen LogP contribution in [0.4, 0.5) is 20.4 Å². The van der Waals surface area contributed by atoms with Crippen LogP contribution in [0.25, 0.3) is 10.9 Å². The van der Waals surface area contributed by atoms with E-state index in [0.717, 1.165) is 46.8 Å². The summed E-state index contributed by atoms with van der Waals surface area (Å²) in [7, 11) is 0. The Morgan fingerprint density at radius 3 is 2.68 bits per heavy atom. The van der Waals surface area contributed by atoms with Crippen molar-refractivity contribution in [2.45, 2.75) is 50.7 Å². The first-order chi connectivity index (χ1) is 18.4. The smallest absolute Gasteiger partial charge is 0.227 e. The Morgan fingerprint density at radius 1 is 1.13 bits per heavy atom. The van der Waals surface area contributed by atoms with Gasteiger partial charge in [0.1, 0.15) is 0 Å². The Bertz CT molecular complexity index is 1480. The van der Waals surface area contributed by atoms with Gasteiger partial charge in [0.25, 0.3) is 0 Å². The zero-order chi connectivity index (χ0) is 26.4. The molecule has 0 unspecified atom stereocenters. The number of aliphatic hydroxyl groups is 1. The monoisotopic (exact) mass is 538 g/mol. The molecule has 1 saturated carbocycles. The molecule has 2 aromatic carbocycles. The summed E-state index contributed by atoms with van der Waals surface area (Å²) in [4.78, 5) is 11.3. The lowest BCUT2D eigenvalue weighted by Crippen LogP contribution is -2.36. The summed E-state index contributed by atoms with van der Waals surface area (Å²) in [6.45, 7) is 3.73. The van der Waals surface area contributed by atoms with Gasteiger partial charge in [0.05, 0.1) is 35.2 Å². The lowest BCUT2D eigenvalue weighted by Gasteiger charge is -2.33. The number of rotatable bonds is 7. The van der Waals surface area contributed by atoms with Gasteiger partial charge >= 0.3 is 0 Å². The molecule has 1 aliphatic carbocycles. The summed E-state index contributed by atoms with van der Waals surface area (Å²) < 4.78 is 29.7. The lowest BCUT2D eigenvalue weighted by atomic mass is 9.88. The summed E-state index contributed by atoms with van der Waals surface area (Å²) in [6, 6.07) is 8.36. The quantitative estimate of drug-likeness (QED) is 0.298. The molecule has 10 heteroatoms. The SMILES string of the molecule is Cc1c(Nc2ncc3cc(Cl)c(C4CCN(C[C@H](O)c5cccc(F)c5F)CC4)cc3n2)cnn1C1CC1. The molecule has 2 aromatic heterocycles. The zero-order valence-electron chi connectivity index (χ0n) is 21.0. The zero-order valence-corrected chi connectivity index (χ0v) is 21.8. The minimum Gasteiger partial charge on any atom is -0.387 e. The molecular weight excluding hydrogens is 510 g/mol. The Morgan fingerprint density at radius 2 is 1.92 bits per heavy atom. The highest BCUT2D eigenvalue weighted by atomic mass is 35.5. The standard InChI is InChI=1S/C28H29ClF2N6O/c1-16-25(14-33-37(16)19-5-6-19)35-28-32-13-18-11-22(29)21(12-24(18)34-28)17-7-9-36(10-8-17)15-26(38)20-3-2-4-23(30)27(20)31/h2-4,11-14,17,19,26,38H,5-10,15H2,1H3,(H,32,34,35)/t26-/m0/s1. The molecule has 0 amide bonds. The molecule has 0 spiro atoms. The van der Waals surface area contributed by atoms with E-state index in [2.05, 4.69) is 25.0 Å². The van der Waals surface area contributed by atoms with Crippen LogP contribution in [0.3, 0.4) is 0 Å². The minimum atomic E-state index is -1.09. The molecule has 1 saturated heterocycles. The molecule has 2 N–H and O–H groups in total. The second-order valence-electron chi connectivity index (χ2n) is 10.3. The molecule has 6 rings (SSSR count). The number of hydrogen-bond donors (Lipinski definition) is 2. The average Bonchev–Trinajstić information content (AvgIpc) is 3.69. The van der Waals surface area contributed by atoms with E-state index in [1.54, 1.807) is 6.20 Å². The molecule has 4 aromatic rings. The predicted octanol–water partition coefficient (Wildman–Crippen LogP) is 6.06. The normalized spacial score (nSPS) is 17.7. The van der Waals surface area contributed by atoms with E-state index >= 15 is 0 Å². The molecule has 2 fully saturated rings. The third-order valence-electron chi connectivity index (χ3n) is 7.68. The Kier molecular flexibility index (Phi) is 6.75. The molecule has 0 radical (unpaired) electrons. The largest absolute Gasteiger partial charge is 0.387 e. The highest BCUT2D eigenvalue weighted by Gasteiger charge is 2.27. The van der Waals surface area contributed by atoms with Crippen LogP contribution in [0.1, 0.15) is 60.6 Å². The number of benzene rings is 2. The van der Waals surface area contributed by atoms with Gasteiger partial charge in [0.2, 0.25) is 5.95 Å². The van der Waals surface area contributed by atoms with Gasteiger partial charge in [-0.15, -0.1) is 0 Å². The van der Waals surface area contributed by atoms with Gasteiger partial charge in [0, 0.05) is 28.7 Å². The number of nitrogens with zero attached hydrogens (tertiary/aromatic N) is 5. The van der Waals surface area contributed by atoms with Gasteiger partial charge in [-0.1, -0.05) is 23.7 Å². The van der Waals surface area contributed by atoms with Crippen molar-refractivity contribution in [3.05, 3.63) is 76.2 Å². The van der Waals surface area contributed by atoms with E-state index in [9.17, 15) is 13.9 Å². The Labute approximate surface area is 224 Å². The maximum absolute atomic E-state index is 14.1. The van der Waals surface area contributed by atoms with Gasteiger partial charge in [-0.3, -0.25) is 4.68 Å². The van der Waals surface area contributed by atoms with Gasteiger partial charge in [-0.05, 0) is 75.4 Å². The molecule has 38 heavy (non-hydrogen) atoms. The summed E-state index contributed by atoms with van der Waals surface area (Å²) in [5, 5.41) is 19.9. The van der Waals surface area contributed by atoms with Crippen LogP contribution in [0.15, 0.2) is 42.7 Å². The molecule has 1 atom stereocenters. The van der Waals surface area contributed by atoms with Crippen LogP contribution in [-0.4, -0.2) is 49.4 Å². The van der Waals surface area contributed by atoms with Crippen molar-refractivity contribution in [2.75, 3.05) is 25.0 Å². The van der Waals surface area contributed by atoms with E-state index in [1.807, 2.05) is 25.3 Å². The fourth-order valence-corrected chi connectivity index (χ4v) is 5.67. The second-order valence-corrected chi connectivity index (χ2v) is 10.7. The number of fused-ring (bicyclic) bond motifs is 1. The number of nitrogens with one attached hydrogen (secondary N) is 1. The first kappa shape index (κ1) is 25.2. The van der Waals surface area contributed by atoms with Crippen molar-refractivity contribution in [3.63, 3.8) is 0 Å². The first-order valence-electron chi connectivity index (χ1n) is 13.0. The van der Waals surface area contributed by atoms with Crippen LogP contribution < -0.4 is 5.32 Å². The highest BCUT2D eigenvalue weighted by Crippen LogP contribution is 2.38. The van der Waals surface area contributed by atoms with Crippen LogP contribution in [0.2, 0.25) is 5.02 Å². The van der Waals surface area contributed by atoms with E-state index < -0.39 is 17.7 Å². The van der Waals surface area contributed by atoms with Gasteiger partial charge in [-0.2, -0.15) is 5.10 Å². The number of aromatic nitrogens is 4. The van der Waals surface area contributed by atoms with Crippen LogP contribution >= 0.6 is 11.6 Å². The number of halogens is 3. The van der Waals surface area contributed by atoms with Gasteiger partial charge < -0.3 is 15.3 Å². The molecule has 7 nitrogen and oxygen atoms in total. The van der Waals surface area contributed by atoms with Crippen molar-refractivity contribution in [2.24, 2.45) is 0 Å². The maximum Gasteiger partial charge on any atom is 0.227 e. The van der Waals surface area contributed by atoms with E-state index in [1.165, 1.54) is 25.0 Å². The molecule has 3 heterocycles. The first-order valence-corrected chi connectivity index (χ1v) is 13.4. The number of β-amino-alcohol motifs (C(OH)–C–C–N with tert-alkyl or cyclic N) is 1. The number of anilines is 2. The Balaban J connectivity index is 1.14.